The van der Waals surface area contributed by atoms with Crippen molar-refractivity contribution in [2.45, 2.75) is 82.9 Å². The van der Waals surface area contributed by atoms with Crippen LogP contribution in [0.15, 0.2) is 18.2 Å². The molecule has 8 heteroatoms. The fourth-order valence-electron chi connectivity index (χ4n) is 3.78. The van der Waals surface area contributed by atoms with Crippen LogP contribution >= 0.6 is 0 Å². The molecule has 0 spiro atoms. The van der Waals surface area contributed by atoms with Crippen LogP contribution in [0.1, 0.15) is 78.2 Å². The first-order valence-corrected chi connectivity index (χ1v) is 11.1. The van der Waals surface area contributed by atoms with Gasteiger partial charge in [0, 0.05) is 17.7 Å². The monoisotopic (exact) mass is 423 g/mol. The quantitative estimate of drug-likeness (QED) is 0.478. The lowest BCUT2D eigenvalue weighted by molar-refractivity contribution is -0.385. The normalized spacial score (nSPS) is 19.7. The highest BCUT2D eigenvalue weighted by Gasteiger charge is 2.39. The molecule has 0 radical (unpaired) electrons. The van der Waals surface area contributed by atoms with Gasteiger partial charge in [0.05, 0.1) is 37.7 Å². The van der Waals surface area contributed by atoms with Gasteiger partial charge in [0.1, 0.15) is 5.82 Å². The second-order valence-electron chi connectivity index (χ2n) is 9.19. The van der Waals surface area contributed by atoms with Crippen LogP contribution in [0.2, 0.25) is 0 Å². The number of halogens is 1. The Bertz CT molecular complexity index is 825. The van der Waals surface area contributed by atoms with Crippen molar-refractivity contribution < 1.29 is 13.5 Å². The minimum absolute atomic E-state index is 0.105. The molecular formula is C21H30FN3O3S. The number of hydrogen-bond acceptors (Lipinski definition) is 4. The molecule has 1 N–H and O–H groups in total. The summed E-state index contributed by atoms with van der Waals surface area (Å²) < 4.78 is 30.1. The van der Waals surface area contributed by atoms with Crippen molar-refractivity contribution in [1.82, 2.24) is 4.72 Å². The Labute approximate surface area is 174 Å². The molecule has 1 fully saturated rings. The molecule has 0 aromatic heterocycles. The number of nitro groups is 1. The third kappa shape index (κ3) is 5.61. The number of nitrogens with one attached hydrogen (secondary N) is 1. The smallest absolute Gasteiger partial charge is 0.258 e. The fourth-order valence-corrected chi connectivity index (χ4v) is 4.71. The summed E-state index contributed by atoms with van der Waals surface area (Å²) in [5.41, 5.74) is -1.71. The van der Waals surface area contributed by atoms with Crippen LogP contribution in [-0.4, -0.2) is 13.9 Å². The van der Waals surface area contributed by atoms with E-state index in [1.807, 2.05) is 0 Å². The SMILES string of the molecule is CC(C)(C)[S@@](=O)N[C@@](C)(CCC1(C#N)CCCCC1)c1cc([N+](=O)[O-])ccc1F. The van der Waals surface area contributed by atoms with Crippen molar-refractivity contribution in [3.8, 4) is 6.07 Å². The molecule has 2 atom stereocenters. The first-order valence-electron chi connectivity index (χ1n) is 9.98. The molecule has 0 bridgehead atoms. The van der Waals surface area contributed by atoms with Gasteiger partial charge in [-0.25, -0.2) is 13.3 Å². The first kappa shape index (κ1) is 23.4. The molecular weight excluding hydrogens is 393 g/mol. The van der Waals surface area contributed by atoms with Crippen molar-refractivity contribution >= 4 is 16.7 Å². The van der Waals surface area contributed by atoms with Crippen LogP contribution in [0.3, 0.4) is 0 Å². The predicted molar refractivity (Wildman–Crippen MR) is 112 cm³/mol. The molecule has 1 aromatic rings. The summed E-state index contributed by atoms with van der Waals surface area (Å²) in [5.74, 6) is -0.592. The average Bonchev–Trinajstić information content (AvgIpc) is 2.66. The Balaban J connectivity index is 2.44. The number of rotatable bonds is 7. The third-order valence-electron chi connectivity index (χ3n) is 5.78. The highest BCUT2D eigenvalue weighted by molar-refractivity contribution is 7.84. The summed E-state index contributed by atoms with van der Waals surface area (Å²) in [6, 6.07) is 5.87. The molecule has 160 valence electrons. The van der Waals surface area contributed by atoms with E-state index < -0.39 is 37.4 Å². The Morgan fingerprint density at radius 2 is 1.90 bits per heavy atom. The van der Waals surface area contributed by atoms with Crippen LogP contribution in [0.4, 0.5) is 10.1 Å². The highest BCUT2D eigenvalue weighted by Crippen LogP contribution is 2.43. The van der Waals surface area contributed by atoms with Crippen LogP contribution < -0.4 is 4.72 Å². The van der Waals surface area contributed by atoms with E-state index in [4.69, 9.17) is 0 Å². The van der Waals surface area contributed by atoms with Gasteiger partial charge in [0.2, 0.25) is 0 Å². The van der Waals surface area contributed by atoms with Gasteiger partial charge in [-0.05, 0) is 59.4 Å². The minimum atomic E-state index is -1.52. The zero-order valence-corrected chi connectivity index (χ0v) is 18.4. The van der Waals surface area contributed by atoms with Crippen molar-refractivity contribution in [3.05, 3.63) is 39.7 Å². The summed E-state index contributed by atoms with van der Waals surface area (Å²) in [4.78, 5) is 10.7. The zero-order valence-electron chi connectivity index (χ0n) is 17.6. The second kappa shape index (κ2) is 8.88. The number of hydrogen-bond donors (Lipinski definition) is 1. The maximum Gasteiger partial charge on any atom is 0.269 e. The van der Waals surface area contributed by atoms with Gasteiger partial charge in [0.25, 0.3) is 5.69 Å². The number of benzene rings is 1. The zero-order chi connectivity index (χ0) is 21.9. The molecule has 0 amide bonds. The first-order chi connectivity index (χ1) is 13.4. The van der Waals surface area contributed by atoms with Gasteiger partial charge in [-0.3, -0.25) is 10.1 Å². The molecule has 1 aliphatic rings. The molecule has 1 saturated carbocycles. The van der Waals surface area contributed by atoms with Crippen LogP contribution in [-0.2, 0) is 16.5 Å². The van der Waals surface area contributed by atoms with Crippen LogP contribution in [0, 0.1) is 32.7 Å². The summed E-state index contributed by atoms with van der Waals surface area (Å²) in [6.45, 7) is 7.13. The second-order valence-corrected chi connectivity index (χ2v) is 11.2. The van der Waals surface area contributed by atoms with E-state index in [0.717, 1.165) is 44.2 Å². The third-order valence-corrected chi connectivity index (χ3v) is 7.53. The lowest BCUT2D eigenvalue weighted by atomic mass is 9.70. The Morgan fingerprint density at radius 1 is 1.28 bits per heavy atom. The molecule has 0 saturated heterocycles. The molecule has 1 aromatic carbocycles. The Morgan fingerprint density at radius 3 is 2.41 bits per heavy atom. The Kier molecular flexibility index (Phi) is 7.18. The topological polar surface area (TPSA) is 96.0 Å². The van der Waals surface area contributed by atoms with Gasteiger partial charge >= 0.3 is 0 Å². The largest absolute Gasteiger partial charge is 0.269 e. The average molecular weight is 424 g/mol. The van der Waals surface area contributed by atoms with E-state index in [-0.39, 0.29) is 11.3 Å². The van der Waals surface area contributed by atoms with Gasteiger partial charge < -0.3 is 0 Å². The lowest BCUT2D eigenvalue weighted by Crippen LogP contribution is -2.47. The van der Waals surface area contributed by atoms with Gasteiger partial charge in [-0.1, -0.05) is 19.3 Å². The summed E-state index contributed by atoms with van der Waals surface area (Å²) in [6.07, 6.45) is 5.51. The van der Waals surface area contributed by atoms with Crippen molar-refractivity contribution in [3.63, 3.8) is 0 Å². The van der Waals surface area contributed by atoms with E-state index in [1.165, 1.54) is 6.07 Å². The number of nitro benzene ring substituents is 1. The highest BCUT2D eigenvalue weighted by atomic mass is 32.2. The number of nitriles is 1. The number of nitrogens with zero attached hydrogens (tertiary/aromatic N) is 2. The van der Waals surface area contributed by atoms with Crippen molar-refractivity contribution in [2.24, 2.45) is 5.41 Å². The summed E-state index contributed by atoms with van der Waals surface area (Å²) in [5, 5.41) is 21.0. The summed E-state index contributed by atoms with van der Waals surface area (Å²) >= 11 is 0. The van der Waals surface area contributed by atoms with Crippen molar-refractivity contribution in [2.75, 3.05) is 0 Å². The minimum Gasteiger partial charge on any atom is -0.258 e. The molecule has 6 nitrogen and oxygen atoms in total. The predicted octanol–water partition coefficient (Wildman–Crippen LogP) is 5.26. The van der Waals surface area contributed by atoms with E-state index in [1.54, 1.807) is 27.7 Å². The van der Waals surface area contributed by atoms with Gasteiger partial charge in [-0.2, -0.15) is 5.26 Å². The van der Waals surface area contributed by atoms with E-state index in [9.17, 15) is 24.0 Å². The molecule has 0 aliphatic heterocycles. The van der Waals surface area contributed by atoms with Crippen LogP contribution in [0.25, 0.3) is 0 Å². The van der Waals surface area contributed by atoms with Gasteiger partial charge in [-0.15, -0.1) is 0 Å². The molecule has 0 heterocycles. The molecule has 1 aliphatic carbocycles. The van der Waals surface area contributed by atoms with Gasteiger partial charge in [0.15, 0.2) is 0 Å². The van der Waals surface area contributed by atoms with Crippen LogP contribution in [0.5, 0.6) is 0 Å². The fraction of sp³-hybridized carbons (Fsp3) is 0.667. The maximum absolute atomic E-state index is 14.8. The van der Waals surface area contributed by atoms with E-state index >= 15 is 0 Å². The lowest BCUT2D eigenvalue weighted by Gasteiger charge is -2.38. The van der Waals surface area contributed by atoms with E-state index in [0.29, 0.717) is 12.8 Å². The molecule has 2 rings (SSSR count). The standard InChI is InChI=1S/C21H30FN3O3S/c1-19(2,3)29(28)24-20(4,12-13-21(15-23)10-6-5-7-11-21)17-14-16(25(26)27)8-9-18(17)22/h8-9,14,24H,5-7,10-13H2,1-4H3/t20-,29+/m0/s1. The van der Waals surface area contributed by atoms with Crippen molar-refractivity contribution in [1.29, 1.82) is 5.26 Å². The number of non-ortho nitro benzene ring substituents is 1. The molecule has 0 unspecified atom stereocenters. The van der Waals surface area contributed by atoms with E-state index in [2.05, 4.69) is 10.8 Å². The maximum atomic E-state index is 14.8. The summed E-state index contributed by atoms with van der Waals surface area (Å²) in [7, 11) is -1.52. The Hall–Kier alpha value is -1.85. The molecule has 29 heavy (non-hydrogen) atoms.